The number of ketones is 2. The topological polar surface area (TPSA) is 86.7 Å². The second-order valence-electron chi connectivity index (χ2n) is 9.71. The lowest BCUT2D eigenvalue weighted by molar-refractivity contribution is -0.206. The fourth-order valence-corrected chi connectivity index (χ4v) is 10.3. The van der Waals surface area contributed by atoms with E-state index >= 15 is 0 Å². The molecule has 0 aliphatic heterocycles. The van der Waals surface area contributed by atoms with Crippen molar-refractivity contribution in [2.45, 2.75) is 0 Å². The number of methoxy groups -OCH3 is 2. The molecule has 0 aromatic rings. The fraction of sp³-hybridized carbons (Fsp3) is 0.636. The van der Waals surface area contributed by atoms with Crippen molar-refractivity contribution in [1.29, 1.82) is 0 Å². The van der Waals surface area contributed by atoms with Gasteiger partial charge in [0.15, 0.2) is 11.6 Å². The van der Waals surface area contributed by atoms with Gasteiger partial charge < -0.3 is 9.47 Å². The number of carbonyl (C=O) groups is 4. The van der Waals surface area contributed by atoms with Crippen molar-refractivity contribution in [3.8, 4) is 0 Å². The van der Waals surface area contributed by atoms with Crippen LogP contribution in [0.3, 0.4) is 0 Å². The third kappa shape index (κ3) is 1.04. The van der Waals surface area contributed by atoms with Gasteiger partial charge in [0.25, 0.3) is 0 Å². The van der Waals surface area contributed by atoms with Crippen LogP contribution in [0.25, 0.3) is 0 Å². The largest absolute Gasteiger partial charge is 0.469 e. The number of hydrogen-bond donors (Lipinski definition) is 0. The van der Waals surface area contributed by atoms with Gasteiger partial charge in [-0.1, -0.05) is 12.2 Å². The van der Waals surface area contributed by atoms with Crippen LogP contribution in [0.5, 0.6) is 0 Å². The zero-order valence-corrected chi connectivity index (χ0v) is 15.5. The molecule has 8 aliphatic rings. The molecule has 0 radical (unpaired) electrons. The first kappa shape index (κ1) is 15.7. The molecule has 0 N–H and O–H groups in total. The molecule has 8 aliphatic carbocycles. The van der Waals surface area contributed by atoms with Crippen molar-refractivity contribution in [2.24, 2.45) is 70.0 Å². The number of hydrogen-bond acceptors (Lipinski definition) is 6. The number of rotatable bonds is 2. The Balaban J connectivity index is 1.56. The van der Waals surface area contributed by atoms with Crippen LogP contribution in [0.15, 0.2) is 24.3 Å². The van der Waals surface area contributed by atoms with E-state index in [2.05, 4.69) is 0 Å². The summed E-state index contributed by atoms with van der Waals surface area (Å²) >= 11 is 0. The van der Waals surface area contributed by atoms with E-state index in [0.29, 0.717) is 0 Å². The number of ether oxygens (including phenoxy) is 2. The van der Waals surface area contributed by atoms with Crippen LogP contribution in [-0.4, -0.2) is 37.7 Å². The zero-order valence-electron chi connectivity index (χ0n) is 15.5. The van der Waals surface area contributed by atoms with Crippen LogP contribution in [-0.2, 0) is 28.7 Å². The van der Waals surface area contributed by atoms with Crippen molar-refractivity contribution in [1.82, 2.24) is 0 Å². The van der Waals surface area contributed by atoms with Gasteiger partial charge in [0.05, 0.1) is 25.0 Å². The number of carbonyl (C=O) groups excluding carboxylic acids is 4. The number of allylic oxidation sites excluding steroid dienone is 4. The molecule has 0 heterocycles. The molecule has 12 unspecified atom stereocenters. The highest BCUT2D eigenvalue weighted by Crippen LogP contribution is 2.96. The molecule has 0 aromatic carbocycles. The van der Waals surface area contributed by atoms with Crippen LogP contribution in [0.4, 0.5) is 0 Å². The minimum atomic E-state index is -1.04. The van der Waals surface area contributed by atoms with E-state index in [9.17, 15) is 19.2 Å². The molecular weight excluding hydrogens is 360 g/mol. The van der Waals surface area contributed by atoms with E-state index < -0.39 is 10.8 Å². The van der Waals surface area contributed by atoms with Gasteiger partial charge >= 0.3 is 11.9 Å². The van der Waals surface area contributed by atoms with Crippen LogP contribution in [0.1, 0.15) is 0 Å². The molecule has 8 rings (SSSR count). The number of esters is 2. The zero-order chi connectivity index (χ0) is 19.3. The summed E-state index contributed by atoms with van der Waals surface area (Å²) in [5.41, 5.74) is -2.09. The van der Waals surface area contributed by atoms with E-state index in [1.165, 1.54) is 14.2 Å². The van der Waals surface area contributed by atoms with Gasteiger partial charge in [0.1, 0.15) is 0 Å². The average Bonchev–Trinajstić information content (AvgIpc) is 3.49. The summed E-state index contributed by atoms with van der Waals surface area (Å²) in [5, 5.41) is 0. The third-order valence-electron chi connectivity index (χ3n) is 9.99. The van der Waals surface area contributed by atoms with Crippen LogP contribution < -0.4 is 0 Å². The molecular formula is C22H20O6. The molecule has 0 saturated heterocycles. The minimum Gasteiger partial charge on any atom is -0.469 e. The maximum Gasteiger partial charge on any atom is 0.313 e. The Labute approximate surface area is 161 Å². The van der Waals surface area contributed by atoms with E-state index in [4.69, 9.17) is 9.47 Å². The van der Waals surface area contributed by atoms with Crippen LogP contribution in [0, 0.1) is 70.0 Å². The predicted molar refractivity (Wildman–Crippen MR) is 92.1 cm³/mol. The quantitative estimate of drug-likeness (QED) is 0.659. The van der Waals surface area contributed by atoms with Crippen molar-refractivity contribution in [3.05, 3.63) is 24.3 Å². The normalized spacial score (nSPS) is 59.5. The smallest absolute Gasteiger partial charge is 0.313 e. The molecule has 0 aromatic heterocycles. The Hall–Kier alpha value is -2.24. The standard InChI is InChI=1S/C22H20O6/c1-27-19(25)21-15-7-3-5-10(24)12(7)18-13(15)14-16(22(18,21)20(26)28-2)8-4-6-9(23)11(8)17(14)21/h3-8,11-18H,1-2H3. The summed E-state index contributed by atoms with van der Waals surface area (Å²) < 4.78 is 10.7. The van der Waals surface area contributed by atoms with E-state index in [1.54, 1.807) is 12.2 Å². The summed E-state index contributed by atoms with van der Waals surface area (Å²) in [6, 6.07) is 0. The molecule has 6 heteroatoms. The number of fused-ring (bicyclic) bond motifs is 2. The molecule has 8 bridgehead atoms. The second-order valence-corrected chi connectivity index (χ2v) is 9.71. The van der Waals surface area contributed by atoms with Gasteiger partial charge in [-0.15, -0.1) is 0 Å². The van der Waals surface area contributed by atoms with Gasteiger partial charge in [-0.25, -0.2) is 0 Å². The van der Waals surface area contributed by atoms with Crippen LogP contribution in [0.2, 0.25) is 0 Å². The van der Waals surface area contributed by atoms with Crippen molar-refractivity contribution >= 4 is 23.5 Å². The Morgan fingerprint density at radius 1 is 0.750 bits per heavy atom. The predicted octanol–water partition coefficient (Wildman–Crippen LogP) is 0.813. The summed E-state index contributed by atoms with van der Waals surface area (Å²) in [5.74, 6) is -1.53. The van der Waals surface area contributed by atoms with E-state index in [-0.39, 0.29) is 82.7 Å². The highest BCUT2D eigenvalue weighted by molar-refractivity contribution is 6.03. The molecule has 12 atom stereocenters. The lowest BCUT2D eigenvalue weighted by atomic mass is 9.43. The Morgan fingerprint density at radius 3 is 1.50 bits per heavy atom. The molecule has 0 spiro atoms. The summed E-state index contributed by atoms with van der Waals surface area (Å²) in [4.78, 5) is 52.6. The van der Waals surface area contributed by atoms with Gasteiger partial charge in [0.2, 0.25) is 0 Å². The summed E-state index contributed by atoms with van der Waals surface area (Å²) in [7, 11) is 2.73. The molecule has 144 valence electrons. The molecule has 6 saturated carbocycles. The lowest BCUT2D eigenvalue weighted by Crippen LogP contribution is -2.66. The highest BCUT2D eigenvalue weighted by Gasteiger charge is 3.01. The average molecular weight is 380 g/mol. The van der Waals surface area contributed by atoms with Crippen molar-refractivity contribution in [3.63, 3.8) is 0 Å². The van der Waals surface area contributed by atoms with Gasteiger partial charge in [-0.2, -0.15) is 0 Å². The Bertz CT molecular complexity index is 900. The Morgan fingerprint density at radius 2 is 1.14 bits per heavy atom. The van der Waals surface area contributed by atoms with Crippen molar-refractivity contribution in [2.75, 3.05) is 14.2 Å². The summed E-state index contributed by atoms with van der Waals surface area (Å²) in [6.07, 6.45) is 7.13. The van der Waals surface area contributed by atoms with Gasteiger partial charge in [-0.05, 0) is 59.5 Å². The second kappa shape index (κ2) is 4.19. The van der Waals surface area contributed by atoms with Gasteiger partial charge in [0, 0.05) is 11.8 Å². The first-order valence-electron chi connectivity index (χ1n) is 10.1. The minimum absolute atomic E-state index is 0.0335. The van der Waals surface area contributed by atoms with Crippen molar-refractivity contribution < 1.29 is 28.7 Å². The highest BCUT2D eigenvalue weighted by atomic mass is 16.5. The Kier molecular flexibility index (Phi) is 2.34. The maximum absolute atomic E-state index is 13.5. The SMILES string of the molecule is COC(=O)C12C3C4C=CC(=O)C4C4C3C3C(C5C=CC(=O)C5C31)C42C(=O)OC. The van der Waals surface area contributed by atoms with Gasteiger partial charge in [-0.3, -0.25) is 19.2 Å². The van der Waals surface area contributed by atoms with E-state index in [0.717, 1.165) is 0 Å². The van der Waals surface area contributed by atoms with Crippen LogP contribution >= 0.6 is 0 Å². The first-order valence-corrected chi connectivity index (χ1v) is 10.1. The molecule has 28 heavy (non-hydrogen) atoms. The maximum atomic E-state index is 13.5. The van der Waals surface area contributed by atoms with E-state index in [1.807, 2.05) is 12.2 Å². The first-order chi connectivity index (χ1) is 13.5. The molecule has 0 amide bonds. The molecule has 6 nitrogen and oxygen atoms in total. The fourth-order valence-electron chi connectivity index (χ4n) is 10.3. The monoisotopic (exact) mass is 380 g/mol. The third-order valence-corrected chi connectivity index (χ3v) is 9.99. The molecule has 6 fully saturated rings. The summed E-state index contributed by atoms with van der Waals surface area (Å²) in [6.45, 7) is 0. The lowest BCUT2D eigenvalue weighted by Gasteiger charge is -2.56.